The van der Waals surface area contributed by atoms with Crippen LogP contribution in [0.2, 0.25) is 0 Å². The van der Waals surface area contributed by atoms with Gasteiger partial charge in [-0.2, -0.15) is 0 Å². The zero-order valence-corrected chi connectivity index (χ0v) is 13.5. The van der Waals surface area contributed by atoms with Gasteiger partial charge in [0.05, 0.1) is 0 Å². The third-order valence-electron chi connectivity index (χ3n) is 4.27. The first-order valence-electron chi connectivity index (χ1n) is 7.82. The molecule has 0 unspecified atom stereocenters. The Morgan fingerprint density at radius 2 is 2.17 bits per heavy atom. The summed E-state index contributed by atoms with van der Waals surface area (Å²) in [7, 11) is 1.61. The van der Waals surface area contributed by atoms with Crippen molar-refractivity contribution < 1.29 is 9.18 Å². The van der Waals surface area contributed by atoms with Crippen LogP contribution in [-0.4, -0.2) is 40.5 Å². The number of rotatable bonds is 3. The highest BCUT2D eigenvalue weighted by molar-refractivity contribution is 5.91. The minimum absolute atomic E-state index is 0.152. The summed E-state index contributed by atoms with van der Waals surface area (Å²) in [6.07, 6.45) is 2.59. The molecule has 0 fully saturated rings. The van der Waals surface area contributed by atoms with Gasteiger partial charge in [-0.3, -0.25) is 9.69 Å². The van der Waals surface area contributed by atoms with Gasteiger partial charge < -0.3 is 9.88 Å². The van der Waals surface area contributed by atoms with Crippen LogP contribution >= 0.6 is 0 Å². The molecule has 0 bridgehead atoms. The van der Waals surface area contributed by atoms with E-state index in [4.69, 9.17) is 0 Å². The van der Waals surface area contributed by atoms with Crippen LogP contribution in [-0.2, 0) is 19.5 Å². The van der Waals surface area contributed by atoms with Gasteiger partial charge in [0, 0.05) is 45.8 Å². The van der Waals surface area contributed by atoms with E-state index in [0.717, 1.165) is 44.0 Å². The van der Waals surface area contributed by atoms with Crippen LogP contribution < -0.4 is 5.32 Å². The minimum atomic E-state index is -0.155. The van der Waals surface area contributed by atoms with Gasteiger partial charge in [0.15, 0.2) is 0 Å². The number of fused-ring (bicyclic) bond motifs is 1. The number of aromatic nitrogens is 2. The molecule has 2 heterocycles. The Bertz CT molecular complexity index is 700. The lowest BCUT2D eigenvalue weighted by atomic mass is 10.1. The normalized spacial score (nSPS) is 15.1. The second-order valence-corrected chi connectivity index (χ2v) is 5.92. The molecule has 1 N–H and O–H groups in total. The molecule has 0 saturated heterocycles. The van der Waals surface area contributed by atoms with Crippen LogP contribution in [0.1, 0.15) is 27.4 Å². The first-order valence-corrected chi connectivity index (χ1v) is 7.82. The standard InChI is InChI=1S/C17H21FN4O/c1-12-3-4-13(9-14(12)18)10-21-6-5-16-20-15(17(23)19-2)11-22(16)8-7-21/h3-4,9,11H,5-8,10H2,1-2H3,(H,19,23). The summed E-state index contributed by atoms with van der Waals surface area (Å²) in [6, 6.07) is 5.41. The van der Waals surface area contributed by atoms with Crippen molar-refractivity contribution >= 4 is 5.91 Å². The molecule has 23 heavy (non-hydrogen) atoms. The molecule has 6 heteroatoms. The number of carbonyl (C=O) groups is 1. The van der Waals surface area contributed by atoms with Gasteiger partial charge in [-0.25, -0.2) is 9.37 Å². The van der Waals surface area contributed by atoms with Gasteiger partial charge in [0.2, 0.25) is 0 Å². The number of hydrogen-bond acceptors (Lipinski definition) is 3. The summed E-state index contributed by atoms with van der Waals surface area (Å²) >= 11 is 0. The summed E-state index contributed by atoms with van der Waals surface area (Å²) in [4.78, 5) is 18.4. The highest BCUT2D eigenvalue weighted by Gasteiger charge is 2.18. The van der Waals surface area contributed by atoms with Crippen molar-refractivity contribution in [3.8, 4) is 0 Å². The molecular weight excluding hydrogens is 295 g/mol. The maximum absolute atomic E-state index is 13.7. The summed E-state index contributed by atoms with van der Waals surface area (Å²) in [5.74, 6) is 0.624. The fourth-order valence-electron chi connectivity index (χ4n) is 2.85. The van der Waals surface area contributed by atoms with Crippen LogP contribution in [0.25, 0.3) is 0 Å². The lowest BCUT2D eigenvalue weighted by molar-refractivity contribution is 0.0958. The molecule has 1 aliphatic rings. The third kappa shape index (κ3) is 3.42. The van der Waals surface area contributed by atoms with Crippen LogP contribution in [0.15, 0.2) is 24.4 Å². The second-order valence-electron chi connectivity index (χ2n) is 5.92. The minimum Gasteiger partial charge on any atom is -0.354 e. The highest BCUT2D eigenvalue weighted by Crippen LogP contribution is 2.15. The van der Waals surface area contributed by atoms with Crippen LogP contribution in [0.5, 0.6) is 0 Å². The average molecular weight is 316 g/mol. The maximum atomic E-state index is 13.7. The Balaban J connectivity index is 1.66. The van der Waals surface area contributed by atoms with Crippen molar-refractivity contribution in [1.82, 2.24) is 19.8 Å². The molecule has 5 nitrogen and oxygen atoms in total. The SMILES string of the molecule is CNC(=O)c1cn2c(n1)CCN(Cc1ccc(C)c(F)c1)CC2. The van der Waals surface area contributed by atoms with Crippen molar-refractivity contribution in [2.75, 3.05) is 20.1 Å². The summed E-state index contributed by atoms with van der Waals surface area (Å²) in [5, 5.41) is 2.60. The average Bonchev–Trinajstić information content (AvgIpc) is 2.87. The van der Waals surface area contributed by atoms with Crippen LogP contribution in [0, 0.1) is 12.7 Å². The number of nitrogens with zero attached hydrogens (tertiary/aromatic N) is 3. The lowest BCUT2D eigenvalue weighted by Crippen LogP contribution is -2.26. The van der Waals surface area contributed by atoms with E-state index in [0.29, 0.717) is 11.3 Å². The van der Waals surface area contributed by atoms with Crippen molar-refractivity contribution in [2.24, 2.45) is 0 Å². The van der Waals surface area contributed by atoms with E-state index in [1.807, 2.05) is 22.9 Å². The first-order chi connectivity index (χ1) is 11.1. The molecule has 0 saturated carbocycles. The van der Waals surface area contributed by atoms with Crippen LogP contribution in [0.3, 0.4) is 0 Å². The molecule has 122 valence electrons. The molecule has 1 aliphatic heterocycles. The lowest BCUT2D eigenvalue weighted by Gasteiger charge is -2.19. The predicted molar refractivity (Wildman–Crippen MR) is 85.7 cm³/mol. The Morgan fingerprint density at radius 1 is 1.35 bits per heavy atom. The van der Waals surface area contributed by atoms with Crippen LogP contribution in [0.4, 0.5) is 4.39 Å². The Morgan fingerprint density at radius 3 is 2.91 bits per heavy atom. The van der Waals surface area contributed by atoms with E-state index in [9.17, 15) is 9.18 Å². The van der Waals surface area contributed by atoms with Crippen molar-refractivity contribution in [2.45, 2.75) is 26.4 Å². The molecule has 2 aromatic rings. The van der Waals surface area contributed by atoms with E-state index in [-0.39, 0.29) is 11.7 Å². The van der Waals surface area contributed by atoms with Gasteiger partial charge in [-0.15, -0.1) is 0 Å². The van der Waals surface area contributed by atoms with Gasteiger partial charge in [0.25, 0.3) is 5.91 Å². The molecule has 0 atom stereocenters. The molecule has 0 aliphatic carbocycles. The monoisotopic (exact) mass is 316 g/mol. The number of carbonyl (C=O) groups excluding carboxylic acids is 1. The molecule has 1 aromatic heterocycles. The molecule has 0 radical (unpaired) electrons. The fraction of sp³-hybridized carbons (Fsp3) is 0.412. The number of halogens is 1. The van der Waals surface area contributed by atoms with E-state index in [1.165, 1.54) is 0 Å². The number of aryl methyl sites for hydroxylation is 1. The third-order valence-corrected chi connectivity index (χ3v) is 4.27. The number of hydrogen-bond donors (Lipinski definition) is 1. The second kappa shape index (κ2) is 6.50. The summed E-state index contributed by atoms with van der Waals surface area (Å²) < 4.78 is 15.7. The molecule has 1 aromatic carbocycles. The molecule has 1 amide bonds. The Kier molecular flexibility index (Phi) is 4.43. The topological polar surface area (TPSA) is 50.2 Å². The van der Waals surface area contributed by atoms with Crippen molar-refractivity contribution in [3.05, 3.63) is 52.9 Å². The number of nitrogens with one attached hydrogen (secondary N) is 1. The fourth-order valence-corrected chi connectivity index (χ4v) is 2.85. The number of benzene rings is 1. The zero-order valence-electron chi connectivity index (χ0n) is 13.5. The highest BCUT2D eigenvalue weighted by atomic mass is 19.1. The van der Waals surface area contributed by atoms with Crippen molar-refractivity contribution in [1.29, 1.82) is 0 Å². The largest absolute Gasteiger partial charge is 0.354 e. The van der Waals surface area contributed by atoms with Gasteiger partial charge in [0.1, 0.15) is 17.3 Å². The van der Waals surface area contributed by atoms with E-state index < -0.39 is 0 Å². The zero-order chi connectivity index (χ0) is 16.4. The number of imidazole rings is 1. The maximum Gasteiger partial charge on any atom is 0.271 e. The summed E-state index contributed by atoms with van der Waals surface area (Å²) in [6.45, 7) is 4.98. The molecule has 0 spiro atoms. The van der Waals surface area contributed by atoms with Gasteiger partial charge >= 0.3 is 0 Å². The van der Waals surface area contributed by atoms with Crippen molar-refractivity contribution in [3.63, 3.8) is 0 Å². The quantitative estimate of drug-likeness (QED) is 0.938. The Labute approximate surface area is 135 Å². The Hall–Kier alpha value is -2.21. The first kappa shape index (κ1) is 15.7. The molecular formula is C17H21FN4O. The van der Waals surface area contributed by atoms with E-state index >= 15 is 0 Å². The van der Waals surface area contributed by atoms with Gasteiger partial charge in [-0.1, -0.05) is 12.1 Å². The number of amides is 1. The smallest absolute Gasteiger partial charge is 0.271 e. The summed E-state index contributed by atoms with van der Waals surface area (Å²) in [5.41, 5.74) is 2.13. The van der Waals surface area contributed by atoms with E-state index in [1.54, 1.807) is 20.0 Å². The van der Waals surface area contributed by atoms with E-state index in [2.05, 4.69) is 15.2 Å². The van der Waals surface area contributed by atoms with Gasteiger partial charge in [-0.05, 0) is 24.1 Å². The molecule has 3 rings (SSSR count). The predicted octanol–water partition coefficient (Wildman–Crippen LogP) is 1.75.